The van der Waals surface area contributed by atoms with Crippen LogP contribution in [0.15, 0.2) is 36.7 Å². The Labute approximate surface area is 129 Å². The van der Waals surface area contributed by atoms with E-state index in [2.05, 4.69) is 20.5 Å². The third-order valence-electron chi connectivity index (χ3n) is 3.05. The Morgan fingerprint density at radius 1 is 1.22 bits per heavy atom. The van der Waals surface area contributed by atoms with Crippen molar-refractivity contribution in [2.24, 2.45) is 0 Å². The second-order valence-electron chi connectivity index (χ2n) is 4.81. The van der Waals surface area contributed by atoms with E-state index >= 15 is 0 Å². The number of nitrogens with zero attached hydrogens (tertiary/aromatic N) is 2. The number of carbonyl (C=O) groups is 1. The van der Waals surface area contributed by atoms with E-state index in [4.69, 9.17) is 4.74 Å². The van der Waals surface area contributed by atoms with Crippen molar-refractivity contribution in [3.63, 3.8) is 0 Å². The molecule has 0 radical (unpaired) electrons. The van der Waals surface area contributed by atoms with Crippen molar-refractivity contribution in [2.45, 2.75) is 6.61 Å². The van der Waals surface area contributed by atoms with Crippen molar-refractivity contribution in [3.05, 3.63) is 53.9 Å². The summed E-state index contributed by atoms with van der Waals surface area (Å²) in [5, 5.41) is 9.70. The first-order chi connectivity index (χ1) is 11.1. The Bertz CT molecular complexity index is 850. The van der Waals surface area contributed by atoms with E-state index in [1.54, 1.807) is 0 Å². The SMILES string of the molecule is O=C(COCc1cncc(F)c1)Nc1n[nH]c2cc(F)ccc12. The molecule has 2 N–H and O–H groups in total. The zero-order valence-electron chi connectivity index (χ0n) is 11.8. The molecule has 0 aliphatic carbocycles. The molecule has 3 aromatic rings. The number of hydrogen-bond donors (Lipinski definition) is 2. The molecular weight excluding hydrogens is 306 g/mol. The summed E-state index contributed by atoms with van der Waals surface area (Å²) < 4.78 is 31.2. The molecule has 3 rings (SSSR count). The van der Waals surface area contributed by atoms with Gasteiger partial charge in [-0.25, -0.2) is 8.78 Å². The zero-order valence-corrected chi connectivity index (χ0v) is 11.8. The van der Waals surface area contributed by atoms with E-state index in [-0.39, 0.29) is 13.2 Å². The van der Waals surface area contributed by atoms with E-state index < -0.39 is 17.5 Å². The summed E-state index contributed by atoms with van der Waals surface area (Å²) in [5.74, 6) is -0.995. The summed E-state index contributed by atoms with van der Waals surface area (Å²) >= 11 is 0. The Morgan fingerprint density at radius 3 is 2.91 bits per heavy atom. The maximum atomic E-state index is 13.1. The van der Waals surface area contributed by atoms with Crippen LogP contribution in [0.2, 0.25) is 0 Å². The van der Waals surface area contributed by atoms with Crippen molar-refractivity contribution in [3.8, 4) is 0 Å². The first kappa shape index (κ1) is 15.0. The third-order valence-corrected chi connectivity index (χ3v) is 3.05. The van der Waals surface area contributed by atoms with Crippen LogP contribution in [-0.2, 0) is 16.1 Å². The van der Waals surface area contributed by atoms with Crippen LogP contribution < -0.4 is 5.32 Å². The number of fused-ring (bicyclic) bond motifs is 1. The summed E-state index contributed by atoms with van der Waals surface area (Å²) in [5.41, 5.74) is 1.01. The van der Waals surface area contributed by atoms with Crippen LogP contribution in [0.25, 0.3) is 10.9 Å². The van der Waals surface area contributed by atoms with Crippen LogP contribution in [0.5, 0.6) is 0 Å². The molecule has 2 heterocycles. The van der Waals surface area contributed by atoms with Crippen LogP contribution in [0, 0.1) is 11.6 Å². The summed E-state index contributed by atoms with van der Waals surface area (Å²) in [4.78, 5) is 15.5. The average Bonchev–Trinajstić information content (AvgIpc) is 2.89. The van der Waals surface area contributed by atoms with Crippen LogP contribution in [0.1, 0.15) is 5.56 Å². The number of amides is 1. The summed E-state index contributed by atoms with van der Waals surface area (Å²) in [6, 6.07) is 5.36. The monoisotopic (exact) mass is 318 g/mol. The number of pyridine rings is 1. The lowest BCUT2D eigenvalue weighted by Crippen LogP contribution is -2.18. The predicted molar refractivity (Wildman–Crippen MR) is 78.5 cm³/mol. The lowest BCUT2D eigenvalue weighted by Gasteiger charge is -2.05. The molecular formula is C15H12F2N4O2. The Balaban J connectivity index is 1.56. The number of benzene rings is 1. The highest BCUT2D eigenvalue weighted by Gasteiger charge is 2.10. The number of carbonyl (C=O) groups excluding carboxylic acids is 1. The Kier molecular flexibility index (Phi) is 4.24. The topological polar surface area (TPSA) is 79.9 Å². The number of H-pyrrole nitrogens is 1. The minimum atomic E-state index is -0.467. The summed E-state index contributed by atoms with van der Waals surface area (Å²) in [6.45, 7) is -0.170. The maximum absolute atomic E-state index is 13.1. The lowest BCUT2D eigenvalue weighted by molar-refractivity contribution is -0.121. The Hall–Kier alpha value is -2.87. The highest BCUT2D eigenvalue weighted by Crippen LogP contribution is 2.20. The number of nitrogens with one attached hydrogen (secondary N) is 2. The van der Waals surface area contributed by atoms with E-state index in [0.29, 0.717) is 22.3 Å². The van der Waals surface area contributed by atoms with Gasteiger partial charge < -0.3 is 10.1 Å². The number of aromatic amines is 1. The molecule has 6 nitrogen and oxygen atoms in total. The van der Waals surface area contributed by atoms with E-state index in [1.165, 1.54) is 30.5 Å². The average molecular weight is 318 g/mol. The molecule has 118 valence electrons. The molecule has 1 aromatic carbocycles. The van der Waals surface area contributed by atoms with Crippen LogP contribution >= 0.6 is 0 Å². The van der Waals surface area contributed by atoms with Gasteiger partial charge in [0.15, 0.2) is 5.82 Å². The largest absolute Gasteiger partial charge is 0.367 e. The zero-order chi connectivity index (χ0) is 16.2. The normalized spacial score (nSPS) is 10.9. The highest BCUT2D eigenvalue weighted by atomic mass is 19.1. The Morgan fingerprint density at radius 2 is 2.09 bits per heavy atom. The number of anilines is 1. The summed E-state index contributed by atoms with van der Waals surface area (Å²) in [7, 11) is 0. The molecule has 0 saturated carbocycles. The molecule has 0 bridgehead atoms. The second kappa shape index (κ2) is 6.49. The molecule has 0 saturated heterocycles. The minimum Gasteiger partial charge on any atom is -0.367 e. The predicted octanol–water partition coefficient (Wildman–Crippen LogP) is 2.39. The molecule has 0 aliphatic rings. The number of halogens is 2. The molecule has 23 heavy (non-hydrogen) atoms. The maximum Gasteiger partial charge on any atom is 0.251 e. The lowest BCUT2D eigenvalue weighted by atomic mass is 10.2. The smallest absolute Gasteiger partial charge is 0.251 e. The van der Waals surface area contributed by atoms with Gasteiger partial charge in [-0.3, -0.25) is 14.9 Å². The first-order valence-electron chi connectivity index (χ1n) is 6.72. The van der Waals surface area contributed by atoms with Gasteiger partial charge in [0, 0.05) is 11.6 Å². The molecule has 0 unspecified atom stereocenters. The van der Waals surface area contributed by atoms with Crippen molar-refractivity contribution >= 4 is 22.6 Å². The van der Waals surface area contributed by atoms with Gasteiger partial charge in [0.25, 0.3) is 5.91 Å². The van der Waals surface area contributed by atoms with Gasteiger partial charge in [-0.05, 0) is 29.8 Å². The fraction of sp³-hybridized carbons (Fsp3) is 0.133. The number of rotatable bonds is 5. The van der Waals surface area contributed by atoms with E-state index in [9.17, 15) is 13.6 Å². The van der Waals surface area contributed by atoms with Gasteiger partial charge >= 0.3 is 0 Å². The van der Waals surface area contributed by atoms with Crippen molar-refractivity contribution < 1.29 is 18.3 Å². The molecule has 0 fully saturated rings. The molecule has 0 aliphatic heterocycles. The molecule has 1 amide bonds. The number of ether oxygens (including phenoxy) is 1. The van der Waals surface area contributed by atoms with Crippen LogP contribution in [0.4, 0.5) is 14.6 Å². The van der Waals surface area contributed by atoms with Gasteiger partial charge in [0.2, 0.25) is 0 Å². The second-order valence-corrected chi connectivity index (χ2v) is 4.81. The van der Waals surface area contributed by atoms with Crippen LogP contribution in [0.3, 0.4) is 0 Å². The number of aromatic nitrogens is 3. The van der Waals surface area contributed by atoms with Crippen molar-refractivity contribution in [1.29, 1.82) is 0 Å². The van der Waals surface area contributed by atoms with E-state index in [0.717, 1.165) is 6.20 Å². The quantitative estimate of drug-likeness (QED) is 0.757. The van der Waals surface area contributed by atoms with Gasteiger partial charge in [0.05, 0.1) is 18.3 Å². The van der Waals surface area contributed by atoms with Crippen molar-refractivity contribution in [2.75, 3.05) is 11.9 Å². The first-order valence-corrected chi connectivity index (χ1v) is 6.72. The van der Waals surface area contributed by atoms with Gasteiger partial charge in [-0.2, -0.15) is 5.10 Å². The summed E-state index contributed by atoms with van der Waals surface area (Å²) in [6.07, 6.45) is 2.54. The fourth-order valence-corrected chi connectivity index (χ4v) is 2.05. The van der Waals surface area contributed by atoms with Crippen LogP contribution in [-0.4, -0.2) is 27.7 Å². The third kappa shape index (κ3) is 3.67. The fourth-order valence-electron chi connectivity index (χ4n) is 2.05. The molecule has 8 heteroatoms. The van der Waals surface area contributed by atoms with Gasteiger partial charge in [-0.1, -0.05) is 0 Å². The van der Waals surface area contributed by atoms with Gasteiger partial charge in [0.1, 0.15) is 18.2 Å². The number of hydrogen-bond acceptors (Lipinski definition) is 4. The highest BCUT2D eigenvalue weighted by molar-refractivity contribution is 5.99. The van der Waals surface area contributed by atoms with Crippen molar-refractivity contribution in [1.82, 2.24) is 15.2 Å². The standard InChI is InChI=1S/C15H12F2N4O2/c16-10-1-2-12-13(4-10)20-21-15(12)19-14(22)8-23-7-9-3-11(17)6-18-5-9/h1-6H,7-8H2,(H2,19,20,21,22). The molecule has 0 spiro atoms. The minimum absolute atomic E-state index is 0.0602. The molecule has 0 atom stereocenters. The van der Waals surface area contributed by atoms with E-state index in [1.807, 2.05) is 0 Å². The van der Waals surface area contributed by atoms with Gasteiger partial charge in [-0.15, -0.1) is 0 Å². The molecule has 2 aromatic heterocycles.